The van der Waals surface area contributed by atoms with Crippen LogP contribution < -0.4 is 0 Å². The quantitative estimate of drug-likeness (QED) is 0.672. The number of hydrogen-bond acceptors (Lipinski definition) is 2. The molecule has 0 spiro atoms. The largest absolute Gasteiger partial charge is 0.392 e. The Kier molecular flexibility index (Phi) is 3.81. The Bertz CT molecular complexity index is 322. The van der Waals surface area contributed by atoms with E-state index in [1.165, 1.54) is 6.07 Å². The van der Waals surface area contributed by atoms with E-state index in [1.54, 1.807) is 0 Å². The maximum atomic E-state index is 12.4. The third-order valence-corrected chi connectivity index (χ3v) is 2.30. The molecule has 0 radical (unpaired) electrons. The van der Waals surface area contributed by atoms with Gasteiger partial charge in [0.05, 0.1) is 12.2 Å². The highest BCUT2D eigenvalue weighted by Gasteiger charge is 2.18. The van der Waals surface area contributed by atoms with Crippen LogP contribution in [0.15, 0.2) is 6.07 Å². The van der Waals surface area contributed by atoms with Crippen LogP contribution in [0.5, 0.6) is 0 Å². The first-order valence-corrected chi connectivity index (χ1v) is 4.75. The molecule has 0 amide bonds. The molecule has 0 saturated heterocycles. The molecular weight excluding hydrogens is 314 g/mol. The van der Waals surface area contributed by atoms with Gasteiger partial charge < -0.3 is 5.11 Å². The summed E-state index contributed by atoms with van der Waals surface area (Å²) in [5, 5.41) is 8.55. The Morgan fingerprint density at radius 3 is 2.69 bits per heavy atom. The summed E-state index contributed by atoms with van der Waals surface area (Å²) in [6, 6.07) is 1.38. The third-order valence-electron chi connectivity index (χ3n) is 1.46. The van der Waals surface area contributed by atoms with Crippen molar-refractivity contribution in [1.29, 1.82) is 0 Å². The summed E-state index contributed by atoms with van der Waals surface area (Å²) in [4.78, 5) is 3.66. The fourth-order valence-electron chi connectivity index (χ4n) is 0.901. The van der Waals surface area contributed by atoms with E-state index in [2.05, 4.69) is 4.98 Å². The molecular formula is C7H5ClF2INO. The first-order valence-electron chi connectivity index (χ1n) is 3.30. The van der Waals surface area contributed by atoms with Gasteiger partial charge in [-0.15, -0.1) is 0 Å². The van der Waals surface area contributed by atoms with Crippen LogP contribution in [0.4, 0.5) is 8.78 Å². The van der Waals surface area contributed by atoms with Crippen LogP contribution in [0, 0.1) is 3.70 Å². The van der Waals surface area contributed by atoms with Gasteiger partial charge in [0.25, 0.3) is 6.43 Å². The molecule has 13 heavy (non-hydrogen) atoms. The minimum Gasteiger partial charge on any atom is -0.392 e. The maximum Gasteiger partial charge on any atom is 0.267 e. The van der Waals surface area contributed by atoms with Gasteiger partial charge in [-0.2, -0.15) is 0 Å². The number of nitrogens with zero attached hydrogens (tertiary/aromatic N) is 1. The van der Waals surface area contributed by atoms with E-state index in [0.29, 0.717) is 3.70 Å². The van der Waals surface area contributed by atoms with E-state index < -0.39 is 13.0 Å². The highest BCUT2D eigenvalue weighted by atomic mass is 127. The van der Waals surface area contributed by atoms with Crippen LogP contribution in [0.25, 0.3) is 0 Å². The SMILES string of the molecule is OCc1cc(I)nc(Cl)c1C(F)F. The summed E-state index contributed by atoms with van der Waals surface area (Å²) in [5.41, 5.74) is -0.260. The van der Waals surface area contributed by atoms with Crippen molar-refractivity contribution in [3.05, 3.63) is 26.0 Å². The highest BCUT2D eigenvalue weighted by molar-refractivity contribution is 14.1. The summed E-state index contributed by atoms with van der Waals surface area (Å²) >= 11 is 7.34. The maximum absolute atomic E-state index is 12.4. The summed E-state index contributed by atoms with van der Waals surface area (Å²) in [7, 11) is 0. The van der Waals surface area contributed by atoms with Crippen molar-refractivity contribution in [2.45, 2.75) is 13.0 Å². The Morgan fingerprint density at radius 1 is 1.62 bits per heavy atom. The molecule has 0 unspecified atom stereocenters. The second-order valence-corrected chi connectivity index (χ2v) is 3.73. The van der Waals surface area contributed by atoms with Crippen LogP contribution in [0.2, 0.25) is 5.15 Å². The van der Waals surface area contributed by atoms with Gasteiger partial charge in [-0.3, -0.25) is 0 Å². The zero-order valence-electron chi connectivity index (χ0n) is 6.27. The molecule has 0 aliphatic carbocycles. The molecule has 0 aromatic carbocycles. The first-order chi connectivity index (χ1) is 6.06. The summed E-state index contributed by atoms with van der Waals surface area (Å²) in [5.74, 6) is 0. The van der Waals surface area contributed by atoms with Gasteiger partial charge in [-0.05, 0) is 34.2 Å². The lowest BCUT2D eigenvalue weighted by molar-refractivity contribution is 0.146. The van der Waals surface area contributed by atoms with Gasteiger partial charge in [-0.25, -0.2) is 13.8 Å². The predicted octanol–water partition coefficient (Wildman–Crippen LogP) is 2.77. The molecule has 2 nitrogen and oxygen atoms in total. The predicted molar refractivity (Wildman–Crippen MR) is 52.8 cm³/mol. The molecule has 1 heterocycles. The number of aliphatic hydroxyl groups excluding tert-OH is 1. The zero-order chi connectivity index (χ0) is 10.0. The third kappa shape index (κ3) is 2.47. The van der Waals surface area contributed by atoms with Crippen molar-refractivity contribution in [1.82, 2.24) is 4.98 Å². The standard InChI is InChI=1S/C7H5ClF2INO/c8-6-5(7(9)10)3(2-13)1-4(11)12-6/h1,7,13H,2H2. The number of hydrogen-bond donors (Lipinski definition) is 1. The molecule has 1 aromatic rings. The van der Waals surface area contributed by atoms with Crippen LogP contribution >= 0.6 is 34.2 Å². The van der Waals surface area contributed by atoms with Crippen molar-refractivity contribution in [2.24, 2.45) is 0 Å². The Hall–Kier alpha value is -0.0100. The molecule has 0 saturated carbocycles. The van der Waals surface area contributed by atoms with Gasteiger partial charge in [-0.1, -0.05) is 11.6 Å². The lowest BCUT2D eigenvalue weighted by atomic mass is 10.1. The number of halogens is 4. The van der Waals surface area contributed by atoms with Crippen LogP contribution in [-0.2, 0) is 6.61 Å². The molecule has 1 N–H and O–H groups in total. The van der Waals surface area contributed by atoms with Crippen LogP contribution in [0.3, 0.4) is 0 Å². The van der Waals surface area contributed by atoms with E-state index in [4.69, 9.17) is 16.7 Å². The number of pyridine rings is 1. The van der Waals surface area contributed by atoms with Gasteiger partial charge >= 0.3 is 0 Å². The van der Waals surface area contributed by atoms with Crippen molar-refractivity contribution < 1.29 is 13.9 Å². The molecule has 0 bridgehead atoms. The van der Waals surface area contributed by atoms with Gasteiger partial charge in [0.2, 0.25) is 0 Å². The highest BCUT2D eigenvalue weighted by Crippen LogP contribution is 2.29. The van der Waals surface area contributed by atoms with Crippen molar-refractivity contribution in [2.75, 3.05) is 0 Å². The Balaban J connectivity index is 3.30. The lowest BCUT2D eigenvalue weighted by Gasteiger charge is -2.08. The first kappa shape index (κ1) is 11.1. The lowest BCUT2D eigenvalue weighted by Crippen LogP contribution is -1.99. The van der Waals surface area contributed by atoms with Gasteiger partial charge in [0.15, 0.2) is 0 Å². The molecule has 0 aliphatic rings. The average molecular weight is 319 g/mol. The smallest absolute Gasteiger partial charge is 0.267 e. The van der Waals surface area contributed by atoms with E-state index >= 15 is 0 Å². The Labute approximate surface area is 92.1 Å². The van der Waals surface area contributed by atoms with E-state index in [-0.39, 0.29) is 16.3 Å². The zero-order valence-corrected chi connectivity index (χ0v) is 9.18. The molecule has 72 valence electrons. The summed E-state index contributed by atoms with van der Waals surface area (Å²) in [6.45, 7) is -0.460. The fraction of sp³-hybridized carbons (Fsp3) is 0.286. The number of aromatic nitrogens is 1. The number of rotatable bonds is 2. The summed E-state index contributed by atoms with van der Waals surface area (Å²) < 4.78 is 25.2. The minimum absolute atomic E-state index is 0.124. The number of alkyl halides is 2. The number of aliphatic hydroxyl groups is 1. The molecule has 1 aromatic heterocycles. The van der Waals surface area contributed by atoms with Gasteiger partial charge in [0.1, 0.15) is 8.85 Å². The molecule has 0 fully saturated rings. The molecule has 1 rings (SSSR count). The van der Waals surface area contributed by atoms with Gasteiger partial charge in [0, 0.05) is 0 Å². The summed E-state index contributed by atoms with van der Waals surface area (Å²) in [6.07, 6.45) is -2.71. The monoisotopic (exact) mass is 319 g/mol. The topological polar surface area (TPSA) is 33.1 Å². The fourth-order valence-corrected chi connectivity index (χ4v) is 1.96. The van der Waals surface area contributed by atoms with Crippen molar-refractivity contribution >= 4 is 34.2 Å². The second kappa shape index (κ2) is 4.47. The second-order valence-electron chi connectivity index (χ2n) is 2.27. The normalized spacial score (nSPS) is 10.9. The molecule has 0 aliphatic heterocycles. The van der Waals surface area contributed by atoms with E-state index in [9.17, 15) is 8.78 Å². The molecule has 0 atom stereocenters. The van der Waals surface area contributed by atoms with Crippen molar-refractivity contribution in [3.8, 4) is 0 Å². The van der Waals surface area contributed by atoms with Crippen molar-refractivity contribution in [3.63, 3.8) is 0 Å². The van der Waals surface area contributed by atoms with E-state index in [0.717, 1.165) is 0 Å². The molecule has 6 heteroatoms. The average Bonchev–Trinajstić information content (AvgIpc) is 2.01. The minimum atomic E-state index is -2.71. The van der Waals surface area contributed by atoms with E-state index in [1.807, 2.05) is 22.6 Å². The van der Waals surface area contributed by atoms with Crippen LogP contribution in [0.1, 0.15) is 17.6 Å². The Morgan fingerprint density at radius 2 is 2.23 bits per heavy atom. The van der Waals surface area contributed by atoms with Crippen LogP contribution in [-0.4, -0.2) is 10.1 Å².